The van der Waals surface area contributed by atoms with Crippen LogP contribution in [-0.2, 0) is 14.6 Å². The molecule has 3 rings (SSSR count). The van der Waals surface area contributed by atoms with Gasteiger partial charge in [-0.15, -0.1) is 0 Å². The highest BCUT2D eigenvalue weighted by Gasteiger charge is 2.37. The number of nitrogens with zero attached hydrogens (tertiary/aromatic N) is 1. The molecule has 0 saturated heterocycles. The van der Waals surface area contributed by atoms with Crippen molar-refractivity contribution >= 4 is 50.5 Å². The molecule has 0 spiro atoms. The highest BCUT2D eigenvalue weighted by molar-refractivity contribution is 7.92. The van der Waals surface area contributed by atoms with Gasteiger partial charge >= 0.3 is 0 Å². The van der Waals surface area contributed by atoms with Crippen LogP contribution in [0, 0.1) is 0 Å². The number of hydrogen-bond acceptors (Lipinski definition) is 5. The van der Waals surface area contributed by atoms with Crippen molar-refractivity contribution in [2.45, 2.75) is 25.5 Å². The van der Waals surface area contributed by atoms with Crippen molar-refractivity contribution in [1.82, 2.24) is 0 Å². The van der Waals surface area contributed by atoms with Crippen molar-refractivity contribution in [1.29, 1.82) is 0 Å². The maximum atomic E-state index is 12.6. The highest BCUT2D eigenvalue weighted by Crippen LogP contribution is 2.34. The molecule has 2 aromatic rings. The Hall–Kier alpha value is -2.71. The molecular formula is C20H19ClN2O5S. The molecule has 1 aliphatic rings. The van der Waals surface area contributed by atoms with E-state index >= 15 is 0 Å². The quantitative estimate of drug-likeness (QED) is 0.703. The number of fused-ring (bicyclic) bond motifs is 1. The molecule has 3 amide bonds. The lowest BCUT2D eigenvalue weighted by Crippen LogP contribution is -2.34. The molecule has 0 radical (unpaired) electrons. The third-order valence-corrected chi connectivity index (χ3v) is 7.22. The van der Waals surface area contributed by atoms with Gasteiger partial charge in [-0.25, -0.2) is 13.3 Å². The second kappa shape index (κ2) is 7.96. The van der Waals surface area contributed by atoms with Gasteiger partial charge in [0.1, 0.15) is 5.25 Å². The largest absolute Gasteiger partial charge is 0.325 e. The summed E-state index contributed by atoms with van der Waals surface area (Å²) in [6, 6.07) is 10.7. The molecule has 0 fully saturated rings. The van der Waals surface area contributed by atoms with Crippen molar-refractivity contribution in [3.8, 4) is 0 Å². The van der Waals surface area contributed by atoms with Gasteiger partial charge in [0.15, 0.2) is 9.84 Å². The predicted octanol–water partition coefficient (Wildman–Crippen LogP) is 3.29. The first-order chi connectivity index (χ1) is 13.7. The van der Waals surface area contributed by atoms with Crippen LogP contribution in [0.4, 0.5) is 11.4 Å². The van der Waals surface area contributed by atoms with Crippen LogP contribution in [0.15, 0.2) is 42.5 Å². The zero-order chi connectivity index (χ0) is 21.3. The van der Waals surface area contributed by atoms with Gasteiger partial charge < -0.3 is 5.32 Å². The summed E-state index contributed by atoms with van der Waals surface area (Å²) in [6.07, 6.45) is 0.417. The number of benzene rings is 2. The minimum Gasteiger partial charge on any atom is -0.325 e. The maximum Gasteiger partial charge on any atom is 0.266 e. The van der Waals surface area contributed by atoms with Crippen molar-refractivity contribution in [2.24, 2.45) is 0 Å². The van der Waals surface area contributed by atoms with E-state index in [1.165, 1.54) is 25.1 Å². The van der Waals surface area contributed by atoms with Gasteiger partial charge in [0.05, 0.1) is 27.6 Å². The van der Waals surface area contributed by atoms with E-state index in [1.807, 2.05) is 0 Å². The van der Waals surface area contributed by atoms with Crippen molar-refractivity contribution in [2.75, 3.05) is 16.0 Å². The molecular weight excluding hydrogens is 416 g/mol. The molecule has 1 aliphatic heterocycles. The Labute approximate surface area is 173 Å². The Morgan fingerprint density at radius 3 is 2.21 bits per heavy atom. The summed E-state index contributed by atoms with van der Waals surface area (Å²) in [5.74, 6) is -1.73. The summed E-state index contributed by atoms with van der Waals surface area (Å²) in [5, 5.41) is 1.37. The lowest BCUT2D eigenvalue weighted by molar-refractivity contribution is -0.115. The molecule has 1 unspecified atom stereocenters. The summed E-state index contributed by atoms with van der Waals surface area (Å²) in [4.78, 5) is 38.5. The van der Waals surface area contributed by atoms with Crippen molar-refractivity contribution in [3.63, 3.8) is 0 Å². The van der Waals surface area contributed by atoms with Crippen LogP contribution in [0.25, 0.3) is 0 Å². The number of nitrogens with one attached hydrogen (secondary N) is 1. The molecule has 0 saturated carbocycles. The second-order valence-corrected chi connectivity index (χ2v) is 9.50. The zero-order valence-electron chi connectivity index (χ0n) is 15.8. The van der Waals surface area contributed by atoms with Gasteiger partial charge in [-0.3, -0.25) is 14.4 Å². The van der Waals surface area contributed by atoms with E-state index in [2.05, 4.69) is 5.32 Å². The van der Waals surface area contributed by atoms with Crippen LogP contribution in [0.5, 0.6) is 0 Å². The first-order valence-electron chi connectivity index (χ1n) is 8.97. The summed E-state index contributed by atoms with van der Waals surface area (Å²) in [7, 11) is -3.55. The van der Waals surface area contributed by atoms with Gasteiger partial charge in [0.2, 0.25) is 5.91 Å². The third kappa shape index (κ3) is 3.90. The van der Waals surface area contributed by atoms with Gasteiger partial charge in [-0.1, -0.05) is 30.7 Å². The van der Waals surface area contributed by atoms with Crippen molar-refractivity contribution in [3.05, 3.63) is 58.6 Å². The monoisotopic (exact) mass is 434 g/mol. The molecule has 152 valence electrons. The highest BCUT2D eigenvalue weighted by atomic mass is 35.5. The van der Waals surface area contributed by atoms with E-state index in [1.54, 1.807) is 31.2 Å². The van der Waals surface area contributed by atoms with E-state index in [-0.39, 0.29) is 22.2 Å². The number of imide groups is 1. The minimum atomic E-state index is -3.55. The Morgan fingerprint density at radius 2 is 1.69 bits per heavy atom. The average molecular weight is 435 g/mol. The van der Waals surface area contributed by atoms with Crippen LogP contribution >= 0.6 is 11.6 Å². The number of sulfone groups is 1. The minimum absolute atomic E-state index is 0.0707. The molecule has 1 N–H and O–H groups in total. The Morgan fingerprint density at radius 1 is 1.10 bits per heavy atom. The average Bonchev–Trinajstić information content (AvgIpc) is 2.92. The van der Waals surface area contributed by atoms with E-state index < -0.39 is 32.8 Å². The van der Waals surface area contributed by atoms with Gasteiger partial charge in [0, 0.05) is 5.69 Å². The number of carbonyl (C=O) groups excluding carboxylic acids is 3. The number of hydrogen-bond donors (Lipinski definition) is 1. The maximum absolute atomic E-state index is 12.6. The van der Waals surface area contributed by atoms with E-state index in [0.29, 0.717) is 17.5 Å². The number of anilines is 2. The van der Waals surface area contributed by atoms with Crippen LogP contribution in [0.1, 0.15) is 41.0 Å². The molecule has 0 bridgehead atoms. The van der Waals surface area contributed by atoms with E-state index in [0.717, 1.165) is 4.90 Å². The molecule has 1 heterocycles. The van der Waals surface area contributed by atoms with Crippen molar-refractivity contribution < 1.29 is 22.8 Å². The number of halogens is 1. The smallest absolute Gasteiger partial charge is 0.266 e. The van der Waals surface area contributed by atoms with Gasteiger partial charge in [-0.05, 0) is 43.7 Å². The third-order valence-electron chi connectivity index (χ3n) is 4.65. The Bertz CT molecular complexity index is 1080. The fourth-order valence-electron chi connectivity index (χ4n) is 3.04. The van der Waals surface area contributed by atoms with Crippen LogP contribution in [0.2, 0.25) is 5.02 Å². The number of carbonyl (C=O) groups is 3. The molecule has 29 heavy (non-hydrogen) atoms. The Balaban J connectivity index is 1.83. The molecule has 0 aromatic heterocycles. The van der Waals surface area contributed by atoms with E-state index in [4.69, 9.17) is 11.6 Å². The van der Waals surface area contributed by atoms with Crippen LogP contribution < -0.4 is 10.2 Å². The molecule has 2 aromatic carbocycles. The summed E-state index contributed by atoms with van der Waals surface area (Å²) in [5.41, 5.74) is 1.03. The molecule has 7 nitrogen and oxygen atoms in total. The normalized spacial score (nSPS) is 14.7. The SMILES string of the molecule is CCCS(=O)(=O)C(C)C(=O)Nc1ccc(N2C(=O)c3ccccc3C2=O)c(Cl)c1. The summed E-state index contributed by atoms with van der Waals surface area (Å²) >= 11 is 6.27. The standard InChI is InChI=1S/C20H19ClN2O5S/c1-3-10-29(27,28)12(2)18(24)22-13-8-9-17(16(21)11-13)23-19(25)14-6-4-5-7-15(14)20(23)26/h4-9,11-12H,3,10H2,1-2H3,(H,22,24). The van der Waals surface area contributed by atoms with Gasteiger partial charge in [-0.2, -0.15) is 0 Å². The first-order valence-corrected chi connectivity index (χ1v) is 11.1. The van der Waals surface area contributed by atoms with Crippen LogP contribution in [0.3, 0.4) is 0 Å². The van der Waals surface area contributed by atoms with Crippen LogP contribution in [-0.4, -0.2) is 37.1 Å². The molecule has 9 heteroatoms. The second-order valence-electron chi connectivity index (χ2n) is 6.66. The molecule has 0 aliphatic carbocycles. The first kappa shape index (κ1) is 21.0. The fraction of sp³-hybridized carbons (Fsp3) is 0.250. The summed E-state index contributed by atoms with van der Waals surface area (Å²) < 4.78 is 24.1. The van der Waals surface area contributed by atoms with Gasteiger partial charge in [0.25, 0.3) is 11.8 Å². The number of rotatable bonds is 6. The summed E-state index contributed by atoms with van der Waals surface area (Å²) in [6.45, 7) is 3.05. The lowest BCUT2D eigenvalue weighted by Gasteiger charge is -2.17. The Kier molecular flexibility index (Phi) is 5.77. The zero-order valence-corrected chi connectivity index (χ0v) is 17.4. The fourth-order valence-corrected chi connectivity index (χ4v) is 4.62. The lowest BCUT2D eigenvalue weighted by atomic mass is 10.1. The topological polar surface area (TPSA) is 101 Å². The number of amides is 3. The molecule has 1 atom stereocenters. The predicted molar refractivity (Wildman–Crippen MR) is 111 cm³/mol. The van der Waals surface area contributed by atoms with E-state index in [9.17, 15) is 22.8 Å².